The van der Waals surface area contributed by atoms with Crippen LogP contribution in [0.25, 0.3) is 0 Å². The summed E-state index contributed by atoms with van der Waals surface area (Å²) in [7, 11) is 4.10. The summed E-state index contributed by atoms with van der Waals surface area (Å²) in [4.78, 5) is 2.12. The molecule has 1 atom stereocenters. The Hall–Kier alpha value is -1.12. The standard InChI is InChI=1S/C14H21NO/c1-4-8-14(16-12-11-15(2)3)13-9-6-5-7-10-13/h4-7,9-10,14H,1,8,11-12H2,2-3H3. The first kappa shape index (κ1) is 12.9. The average molecular weight is 219 g/mol. The molecule has 16 heavy (non-hydrogen) atoms. The Kier molecular flexibility index (Phi) is 5.83. The van der Waals surface area contributed by atoms with Gasteiger partial charge in [0.25, 0.3) is 0 Å². The molecule has 2 nitrogen and oxygen atoms in total. The van der Waals surface area contributed by atoms with Crippen LogP contribution in [0.1, 0.15) is 18.1 Å². The van der Waals surface area contributed by atoms with Gasteiger partial charge >= 0.3 is 0 Å². The molecule has 0 N–H and O–H groups in total. The van der Waals surface area contributed by atoms with E-state index in [0.717, 1.165) is 19.6 Å². The van der Waals surface area contributed by atoms with Crippen LogP contribution in [-0.2, 0) is 4.74 Å². The van der Waals surface area contributed by atoms with Crippen molar-refractivity contribution in [1.82, 2.24) is 4.90 Å². The quantitative estimate of drug-likeness (QED) is 0.654. The van der Waals surface area contributed by atoms with Crippen LogP contribution < -0.4 is 0 Å². The molecule has 1 aromatic carbocycles. The average Bonchev–Trinajstić information content (AvgIpc) is 2.29. The van der Waals surface area contributed by atoms with Crippen molar-refractivity contribution in [2.45, 2.75) is 12.5 Å². The Bertz CT molecular complexity index is 295. The van der Waals surface area contributed by atoms with E-state index in [4.69, 9.17) is 4.74 Å². The molecule has 0 fully saturated rings. The normalized spacial score (nSPS) is 12.7. The van der Waals surface area contributed by atoms with Gasteiger partial charge in [-0.05, 0) is 26.1 Å². The van der Waals surface area contributed by atoms with Crippen molar-refractivity contribution in [1.29, 1.82) is 0 Å². The monoisotopic (exact) mass is 219 g/mol. The van der Waals surface area contributed by atoms with Crippen LogP contribution in [0.15, 0.2) is 43.0 Å². The molecule has 0 aromatic heterocycles. The molecule has 0 saturated carbocycles. The molecular formula is C14H21NO. The van der Waals surface area contributed by atoms with E-state index in [-0.39, 0.29) is 6.10 Å². The van der Waals surface area contributed by atoms with Crippen molar-refractivity contribution in [2.24, 2.45) is 0 Å². The van der Waals surface area contributed by atoms with Gasteiger partial charge < -0.3 is 9.64 Å². The summed E-state index contributed by atoms with van der Waals surface area (Å²) in [6, 6.07) is 10.3. The summed E-state index contributed by atoms with van der Waals surface area (Å²) in [5.41, 5.74) is 1.22. The molecule has 0 aliphatic heterocycles. The highest BCUT2D eigenvalue weighted by atomic mass is 16.5. The molecule has 0 aliphatic carbocycles. The minimum absolute atomic E-state index is 0.138. The molecule has 1 rings (SSSR count). The van der Waals surface area contributed by atoms with Crippen LogP contribution in [0.3, 0.4) is 0 Å². The molecule has 0 bridgehead atoms. The minimum Gasteiger partial charge on any atom is -0.372 e. The number of benzene rings is 1. The van der Waals surface area contributed by atoms with E-state index < -0.39 is 0 Å². The molecule has 0 spiro atoms. The Morgan fingerprint density at radius 1 is 1.31 bits per heavy atom. The largest absolute Gasteiger partial charge is 0.372 e. The lowest BCUT2D eigenvalue weighted by Gasteiger charge is -2.18. The SMILES string of the molecule is C=CCC(OCCN(C)C)c1ccccc1. The number of rotatable bonds is 7. The van der Waals surface area contributed by atoms with Gasteiger partial charge in [0, 0.05) is 6.54 Å². The molecule has 1 unspecified atom stereocenters. The summed E-state index contributed by atoms with van der Waals surface area (Å²) in [6.45, 7) is 5.47. The highest BCUT2D eigenvalue weighted by molar-refractivity contribution is 5.18. The van der Waals surface area contributed by atoms with E-state index in [0.29, 0.717) is 0 Å². The van der Waals surface area contributed by atoms with Gasteiger partial charge in [-0.1, -0.05) is 36.4 Å². The second-order valence-electron chi connectivity index (χ2n) is 4.10. The third kappa shape index (κ3) is 4.60. The van der Waals surface area contributed by atoms with E-state index in [1.54, 1.807) is 0 Å². The predicted octanol–water partition coefficient (Wildman–Crippen LogP) is 2.88. The first-order chi connectivity index (χ1) is 7.74. The first-order valence-electron chi connectivity index (χ1n) is 5.66. The molecule has 0 saturated heterocycles. The highest BCUT2D eigenvalue weighted by Gasteiger charge is 2.09. The zero-order valence-corrected chi connectivity index (χ0v) is 10.2. The van der Waals surface area contributed by atoms with Gasteiger partial charge in [-0.15, -0.1) is 6.58 Å². The van der Waals surface area contributed by atoms with Crippen LogP contribution in [0, 0.1) is 0 Å². The number of hydrogen-bond donors (Lipinski definition) is 0. The smallest absolute Gasteiger partial charge is 0.0859 e. The molecule has 88 valence electrons. The van der Waals surface area contributed by atoms with E-state index in [1.165, 1.54) is 5.56 Å². The van der Waals surface area contributed by atoms with Crippen molar-refractivity contribution in [3.63, 3.8) is 0 Å². The summed E-state index contributed by atoms with van der Waals surface area (Å²) >= 11 is 0. The van der Waals surface area contributed by atoms with Crippen LogP contribution >= 0.6 is 0 Å². The molecule has 1 aromatic rings. The Morgan fingerprint density at radius 3 is 2.56 bits per heavy atom. The van der Waals surface area contributed by atoms with Crippen LogP contribution in [0.5, 0.6) is 0 Å². The topological polar surface area (TPSA) is 12.5 Å². The Balaban J connectivity index is 2.51. The van der Waals surface area contributed by atoms with Crippen molar-refractivity contribution in [2.75, 3.05) is 27.2 Å². The van der Waals surface area contributed by atoms with Gasteiger partial charge in [0.05, 0.1) is 12.7 Å². The van der Waals surface area contributed by atoms with E-state index in [2.05, 4.69) is 23.6 Å². The van der Waals surface area contributed by atoms with Crippen LogP contribution in [-0.4, -0.2) is 32.1 Å². The molecular weight excluding hydrogens is 198 g/mol. The van der Waals surface area contributed by atoms with Gasteiger partial charge in [-0.25, -0.2) is 0 Å². The van der Waals surface area contributed by atoms with E-state index in [9.17, 15) is 0 Å². The fourth-order valence-corrected chi connectivity index (χ4v) is 1.50. The minimum atomic E-state index is 0.138. The van der Waals surface area contributed by atoms with Gasteiger partial charge in [-0.2, -0.15) is 0 Å². The lowest BCUT2D eigenvalue weighted by atomic mass is 10.1. The number of ether oxygens (including phenoxy) is 1. The molecule has 0 heterocycles. The maximum absolute atomic E-state index is 5.87. The van der Waals surface area contributed by atoms with Gasteiger partial charge in [0.1, 0.15) is 0 Å². The van der Waals surface area contributed by atoms with Crippen LogP contribution in [0.2, 0.25) is 0 Å². The zero-order chi connectivity index (χ0) is 11.8. The summed E-state index contributed by atoms with van der Waals surface area (Å²) in [5, 5.41) is 0. The maximum Gasteiger partial charge on any atom is 0.0859 e. The molecule has 2 heteroatoms. The number of hydrogen-bond acceptors (Lipinski definition) is 2. The molecule has 0 radical (unpaired) electrons. The second-order valence-corrected chi connectivity index (χ2v) is 4.10. The Labute approximate surface area is 98.5 Å². The lowest BCUT2D eigenvalue weighted by Crippen LogP contribution is -2.19. The van der Waals surface area contributed by atoms with Crippen molar-refractivity contribution >= 4 is 0 Å². The van der Waals surface area contributed by atoms with Gasteiger partial charge in [-0.3, -0.25) is 0 Å². The fraction of sp³-hybridized carbons (Fsp3) is 0.429. The number of likely N-dealkylation sites (N-methyl/N-ethyl adjacent to an activating group) is 1. The van der Waals surface area contributed by atoms with Crippen molar-refractivity contribution < 1.29 is 4.74 Å². The van der Waals surface area contributed by atoms with E-state index in [1.807, 2.05) is 38.4 Å². The van der Waals surface area contributed by atoms with E-state index >= 15 is 0 Å². The maximum atomic E-state index is 5.87. The van der Waals surface area contributed by atoms with Crippen molar-refractivity contribution in [3.8, 4) is 0 Å². The number of nitrogens with zero attached hydrogens (tertiary/aromatic N) is 1. The second kappa shape index (κ2) is 7.20. The summed E-state index contributed by atoms with van der Waals surface area (Å²) in [6.07, 6.45) is 2.91. The predicted molar refractivity (Wildman–Crippen MR) is 68.5 cm³/mol. The highest BCUT2D eigenvalue weighted by Crippen LogP contribution is 2.20. The van der Waals surface area contributed by atoms with Gasteiger partial charge in [0.2, 0.25) is 0 Å². The van der Waals surface area contributed by atoms with Crippen LogP contribution in [0.4, 0.5) is 0 Å². The fourth-order valence-electron chi connectivity index (χ4n) is 1.50. The zero-order valence-electron chi connectivity index (χ0n) is 10.2. The lowest BCUT2D eigenvalue weighted by molar-refractivity contribution is 0.0454. The van der Waals surface area contributed by atoms with Crippen molar-refractivity contribution in [3.05, 3.63) is 48.6 Å². The van der Waals surface area contributed by atoms with Gasteiger partial charge in [0.15, 0.2) is 0 Å². The molecule has 0 amide bonds. The summed E-state index contributed by atoms with van der Waals surface area (Å²) in [5.74, 6) is 0. The third-order valence-electron chi connectivity index (χ3n) is 2.41. The summed E-state index contributed by atoms with van der Waals surface area (Å²) < 4.78 is 5.87. The Morgan fingerprint density at radius 2 is 2.00 bits per heavy atom. The first-order valence-corrected chi connectivity index (χ1v) is 5.66. The third-order valence-corrected chi connectivity index (χ3v) is 2.41. The molecule has 0 aliphatic rings.